The molecule has 0 heterocycles. The van der Waals surface area contributed by atoms with Crippen LogP contribution in [0.4, 0.5) is 0 Å². The summed E-state index contributed by atoms with van der Waals surface area (Å²) in [5.41, 5.74) is 3.40. The molecule has 2 rings (SSSR count). The highest BCUT2D eigenvalue weighted by Crippen LogP contribution is 2.33. The molecular weight excluding hydrogens is 252 g/mol. The van der Waals surface area contributed by atoms with E-state index in [2.05, 4.69) is 13.8 Å². The largest absolute Gasteiger partial charge is 0.508 e. The predicted molar refractivity (Wildman–Crippen MR) is 79.9 cm³/mol. The molecular formula is C17H20O3. The first kappa shape index (κ1) is 14.3. The standard InChI is InChI=1S/C17H20O3/c1-3-15(13-6-9-16(19)17(20)10-13)11(2)12-4-7-14(18)8-5-12/h4-9,11,18-20H,3,10H2,1-2H3. The van der Waals surface area contributed by atoms with E-state index in [0.717, 1.165) is 17.6 Å². The van der Waals surface area contributed by atoms with Gasteiger partial charge >= 0.3 is 0 Å². The van der Waals surface area contributed by atoms with Gasteiger partial charge in [-0.1, -0.05) is 37.6 Å². The lowest BCUT2D eigenvalue weighted by Crippen LogP contribution is -2.04. The molecule has 1 aliphatic carbocycles. The van der Waals surface area contributed by atoms with Crippen LogP contribution < -0.4 is 0 Å². The number of benzene rings is 1. The molecule has 1 aromatic rings. The number of aliphatic hydroxyl groups excluding tert-OH is 2. The molecule has 1 unspecified atom stereocenters. The van der Waals surface area contributed by atoms with Crippen molar-refractivity contribution in [2.45, 2.75) is 32.6 Å². The molecule has 0 spiro atoms. The molecule has 1 aromatic carbocycles. The Kier molecular flexibility index (Phi) is 4.18. The fraction of sp³-hybridized carbons (Fsp3) is 0.294. The number of aliphatic hydroxyl groups is 2. The summed E-state index contributed by atoms with van der Waals surface area (Å²) in [5, 5.41) is 28.5. The number of allylic oxidation sites excluding steroid dienone is 4. The van der Waals surface area contributed by atoms with Crippen LogP contribution in [0, 0.1) is 0 Å². The molecule has 0 aliphatic heterocycles. The van der Waals surface area contributed by atoms with Crippen molar-refractivity contribution in [3.05, 3.63) is 64.6 Å². The Labute approximate surface area is 119 Å². The van der Waals surface area contributed by atoms with Crippen LogP contribution in [-0.4, -0.2) is 15.3 Å². The maximum atomic E-state index is 9.69. The molecule has 1 atom stereocenters. The van der Waals surface area contributed by atoms with Gasteiger partial charge in [0.05, 0.1) is 0 Å². The third-order valence-electron chi connectivity index (χ3n) is 3.81. The first-order valence-electron chi connectivity index (χ1n) is 6.83. The Morgan fingerprint density at radius 1 is 1.10 bits per heavy atom. The van der Waals surface area contributed by atoms with Crippen molar-refractivity contribution in [1.29, 1.82) is 0 Å². The van der Waals surface area contributed by atoms with Crippen LogP contribution >= 0.6 is 0 Å². The maximum absolute atomic E-state index is 9.69. The van der Waals surface area contributed by atoms with Crippen LogP contribution in [0.25, 0.3) is 0 Å². The Hall–Kier alpha value is -2.16. The number of phenols is 1. The minimum absolute atomic E-state index is 0.0198. The first-order chi connectivity index (χ1) is 9.52. The van der Waals surface area contributed by atoms with Gasteiger partial charge in [-0.05, 0) is 35.8 Å². The highest BCUT2D eigenvalue weighted by atomic mass is 16.3. The number of hydrogen-bond acceptors (Lipinski definition) is 3. The van der Waals surface area contributed by atoms with Crippen LogP contribution in [0.3, 0.4) is 0 Å². The fourth-order valence-electron chi connectivity index (χ4n) is 2.60. The van der Waals surface area contributed by atoms with E-state index in [4.69, 9.17) is 0 Å². The minimum Gasteiger partial charge on any atom is -0.508 e. The summed E-state index contributed by atoms with van der Waals surface area (Å²) < 4.78 is 0. The van der Waals surface area contributed by atoms with Crippen molar-refractivity contribution < 1.29 is 15.3 Å². The fourth-order valence-corrected chi connectivity index (χ4v) is 2.60. The van der Waals surface area contributed by atoms with Crippen LogP contribution in [0.5, 0.6) is 5.75 Å². The number of aromatic hydroxyl groups is 1. The summed E-state index contributed by atoms with van der Waals surface area (Å²) in [5.74, 6) is 0.427. The summed E-state index contributed by atoms with van der Waals surface area (Å²) in [4.78, 5) is 0. The smallest absolute Gasteiger partial charge is 0.153 e. The highest BCUT2D eigenvalue weighted by Gasteiger charge is 2.17. The third-order valence-corrected chi connectivity index (χ3v) is 3.81. The summed E-state index contributed by atoms with van der Waals surface area (Å²) in [6, 6.07) is 7.19. The quantitative estimate of drug-likeness (QED) is 0.759. The highest BCUT2D eigenvalue weighted by molar-refractivity contribution is 5.42. The summed E-state index contributed by atoms with van der Waals surface area (Å²) in [7, 11) is 0. The zero-order valence-corrected chi connectivity index (χ0v) is 11.8. The lowest BCUT2D eigenvalue weighted by molar-refractivity contribution is 0.326. The second-order valence-corrected chi connectivity index (χ2v) is 5.06. The zero-order valence-electron chi connectivity index (χ0n) is 11.8. The summed E-state index contributed by atoms with van der Waals surface area (Å²) >= 11 is 0. The van der Waals surface area contributed by atoms with Gasteiger partial charge in [-0.2, -0.15) is 0 Å². The minimum atomic E-state index is -0.0542. The van der Waals surface area contributed by atoms with Crippen LogP contribution in [-0.2, 0) is 0 Å². The molecule has 0 amide bonds. The molecule has 20 heavy (non-hydrogen) atoms. The normalized spacial score (nSPS) is 19.1. The first-order valence-corrected chi connectivity index (χ1v) is 6.83. The van der Waals surface area contributed by atoms with Crippen molar-refractivity contribution in [3.8, 4) is 5.75 Å². The third kappa shape index (κ3) is 2.87. The van der Waals surface area contributed by atoms with Crippen molar-refractivity contribution >= 4 is 0 Å². The number of phenolic OH excluding ortho intramolecular Hbond substituents is 1. The van der Waals surface area contributed by atoms with E-state index in [1.165, 1.54) is 11.6 Å². The molecule has 0 bridgehead atoms. The van der Waals surface area contributed by atoms with Gasteiger partial charge < -0.3 is 15.3 Å². The molecule has 0 fully saturated rings. The van der Waals surface area contributed by atoms with Crippen molar-refractivity contribution in [2.75, 3.05) is 0 Å². The van der Waals surface area contributed by atoms with Gasteiger partial charge in [0.1, 0.15) is 11.5 Å². The van der Waals surface area contributed by atoms with E-state index in [1.54, 1.807) is 12.1 Å². The topological polar surface area (TPSA) is 60.7 Å². The van der Waals surface area contributed by atoms with Crippen molar-refractivity contribution in [1.82, 2.24) is 0 Å². The van der Waals surface area contributed by atoms with Crippen LogP contribution in [0.2, 0.25) is 0 Å². The van der Waals surface area contributed by atoms with Gasteiger partial charge in [0.15, 0.2) is 5.76 Å². The van der Waals surface area contributed by atoms with Crippen molar-refractivity contribution in [2.24, 2.45) is 0 Å². The van der Waals surface area contributed by atoms with Gasteiger partial charge in [-0.15, -0.1) is 0 Å². The average Bonchev–Trinajstić information content (AvgIpc) is 2.44. The van der Waals surface area contributed by atoms with Gasteiger partial charge in [0, 0.05) is 12.3 Å². The Bertz CT molecular complexity index is 577. The summed E-state index contributed by atoms with van der Waals surface area (Å²) in [6.45, 7) is 4.20. The lowest BCUT2D eigenvalue weighted by atomic mass is 9.85. The molecule has 3 N–H and O–H groups in total. The van der Waals surface area contributed by atoms with E-state index in [1.807, 2.05) is 18.2 Å². The number of hydrogen-bond donors (Lipinski definition) is 3. The molecule has 106 valence electrons. The Morgan fingerprint density at radius 3 is 2.30 bits per heavy atom. The summed E-state index contributed by atoms with van der Waals surface area (Å²) in [6.07, 6.45) is 4.64. The molecule has 1 aliphatic rings. The van der Waals surface area contributed by atoms with E-state index in [-0.39, 0.29) is 23.2 Å². The molecule has 3 heteroatoms. The van der Waals surface area contributed by atoms with Gasteiger partial charge in [-0.25, -0.2) is 0 Å². The zero-order chi connectivity index (χ0) is 14.7. The monoisotopic (exact) mass is 272 g/mol. The van der Waals surface area contributed by atoms with Gasteiger partial charge in [0.2, 0.25) is 0 Å². The van der Waals surface area contributed by atoms with Crippen LogP contribution in [0.15, 0.2) is 59.1 Å². The Morgan fingerprint density at radius 2 is 1.75 bits per heavy atom. The van der Waals surface area contributed by atoms with E-state index >= 15 is 0 Å². The van der Waals surface area contributed by atoms with E-state index in [9.17, 15) is 15.3 Å². The SMILES string of the molecule is CCC(=C1C=CC(O)=C(O)C1)C(C)c1ccc(O)cc1. The van der Waals surface area contributed by atoms with Gasteiger partial charge in [0.25, 0.3) is 0 Å². The Balaban J connectivity index is 2.33. The van der Waals surface area contributed by atoms with Crippen LogP contribution in [0.1, 0.15) is 38.2 Å². The average molecular weight is 272 g/mol. The van der Waals surface area contributed by atoms with Crippen molar-refractivity contribution in [3.63, 3.8) is 0 Å². The van der Waals surface area contributed by atoms with E-state index < -0.39 is 0 Å². The maximum Gasteiger partial charge on any atom is 0.153 e. The molecule has 3 nitrogen and oxygen atoms in total. The van der Waals surface area contributed by atoms with E-state index in [0.29, 0.717) is 6.42 Å². The lowest BCUT2D eigenvalue weighted by Gasteiger charge is -2.21. The molecule has 0 radical (unpaired) electrons. The second kappa shape index (κ2) is 5.87. The second-order valence-electron chi connectivity index (χ2n) is 5.06. The van der Waals surface area contributed by atoms with Gasteiger partial charge in [-0.3, -0.25) is 0 Å². The predicted octanol–water partition coefficient (Wildman–Crippen LogP) is 4.49. The molecule has 0 aromatic heterocycles. The number of rotatable bonds is 3. The molecule has 0 saturated heterocycles. The molecule has 0 saturated carbocycles.